The van der Waals surface area contributed by atoms with Gasteiger partial charge in [0.2, 0.25) is 5.91 Å². The van der Waals surface area contributed by atoms with Crippen LogP contribution in [0, 0.1) is 17.5 Å². The average Bonchev–Trinajstić information content (AvgIpc) is 3.19. The van der Waals surface area contributed by atoms with Crippen LogP contribution >= 0.6 is 11.3 Å². The molecule has 0 aliphatic rings. The first-order chi connectivity index (χ1) is 15.3. The topological polar surface area (TPSA) is 72.2 Å². The Morgan fingerprint density at radius 1 is 0.906 bits per heavy atom. The summed E-state index contributed by atoms with van der Waals surface area (Å²) in [4.78, 5) is 24.0. The molecule has 0 saturated carbocycles. The van der Waals surface area contributed by atoms with Crippen LogP contribution in [0.25, 0.3) is 21.2 Å². The number of hydrogen-bond acceptors (Lipinski definition) is 3. The zero-order valence-corrected chi connectivity index (χ0v) is 17.4. The zero-order chi connectivity index (χ0) is 22.8. The molecular weight excluding hydrogens is 437 g/mol. The normalized spacial score (nSPS) is 11.0. The summed E-state index contributed by atoms with van der Waals surface area (Å²) in [6, 6.07) is 15.1. The molecule has 4 nitrogen and oxygen atoms in total. The summed E-state index contributed by atoms with van der Waals surface area (Å²) in [6.07, 6.45) is 0.324. The molecule has 4 aromatic rings. The molecule has 1 heterocycles. The first-order valence-corrected chi connectivity index (χ1v) is 10.5. The van der Waals surface area contributed by atoms with Crippen LogP contribution in [0.3, 0.4) is 0 Å². The maximum absolute atomic E-state index is 14.5. The molecule has 0 radical (unpaired) electrons. The van der Waals surface area contributed by atoms with E-state index in [0.717, 1.165) is 22.6 Å². The molecule has 4 rings (SSSR count). The second-order valence-corrected chi connectivity index (χ2v) is 8.34. The van der Waals surface area contributed by atoms with Crippen molar-refractivity contribution < 1.29 is 22.8 Å². The van der Waals surface area contributed by atoms with Gasteiger partial charge in [0.15, 0.2) is 11.6 Å². The summed E-state index contributed by atoms with van der Waals surface area (Å²) < 4.78 is 42.0. The second kappa shape index (κ2) is 8.84. The molecule has 2 amide bonds. The summed E-state index contributed by atoms with van der Waals surface area (Å²) in [5, 5.41) is 2.85. The van der Waals surface area contributed by atoms with E-state index in [9.17, 15) is 22.8 Å². The molecular formula is C24H17F3N2O2S. The summed E-state index contributed by atoms with van der Waals surface area (Å²) in [7, 11) is 0. The number of primary amides is 1. The van der Waals surface area contributed by atoms with Crippen LogP contribution in [-0.4, -0.2) is 18.4 Å². The highest BCUT2D eigenvalue weighted by molar-refractivity contribution is 7.19. The van der Waals surface area contributed by atoms with Crippen LogP contribution in [0.4, 0.5) is 13.2 Å². The van der Waals surface area contributed by atoms with E-state index in [1.165, 1.54) is 23.5 Å². The number of carbonyl (C=O) groups is 2. The Morgan fingerprint density at radius 2 is 1.69 bits per heavy atom. The molecule has 1 aromatic heterocycles. The number of nitrogens with one attached hydrogen (secondary N) is 1. The molecule has 32 heavy (non-hydrogen) atoms. The number of rotatable bonds is 6. The van der Waals surface area contributed by atoms with Crippen molar-refractivity contribution in [3.63, 3.8) is 0 Å². The third kappa shape index (κ3) is 4.50. The number of carbonyl (C=O) groups excluding carboxylic acids is 2. The van der Waals surface area contributed by atoms with Gasteiger partial charge < -0.3 is 11.1 Å². The highest BCUT2D eigenvalue weighted by Crippen LogP contribution is 2.37. The molecule has 0 spiro atoms. The van der Waals surface area contributed by atoms with Gasteiger partial charge in [0.05, 0.1) is 6.54 Å². The lowest BCUT2D eigenvalue weighted by Crippen LogP contribution is -2.33. The van der Waals surface area contributed by atoms with Crippen molar-refractivity contribution in [2.45, 2.75) is 6.42 Å². The predicted octanol–water partition coefficient (Wildman–Crippen LogP) is 4.79. The van der Waals surface area contributed by atoms with Gasteiger partial charge in [-0.25, -0.2) is 13.2 Å². The molecule has 162 valence electrons. The van der Waals surface area contributed by atoms with Crippen LogP contribution in [0.1, 0.15) is 20.8 Å². The van der Waals surface area contributed by atoms with Gasteiger partial charge in [-0.3, -0.25) is 9.59 Å². The number of hydrogen-bond donors (Lipinski definition) is 2. The number of benzene rings is 3. The van der Waals surface area contributed by atoms with Crippen molar-refractivity contribution in [3.05, 3.63) is 94.1 Å². The van der Waals surface area contributed by atoms with Crippen molar-refractivity contribution in [3.8, 4) is 11.1 Å². The lowest BCUT2D eigenvalue weighted by Gasteiger charge is -2.07. The van der Waals surface area contributed by atoms with Crippen LogP contribution in [0.15, 0.2) is 60.7 Å². The van der Waals surface area contributed by atoms with E-state index in [4.69, 9.17) is 5.73 Å². The fraction of sp³-hybridized carbons (Fsp3) is 0.0833. The molecule has 3 N–H and O–H groups in total. The largest absolute Gasteiger partial charge is 0.368 e. The van der Waals surface area contributed by atoms with Crippen molar-refractivity contribution >= 4 is 33.2 Å². The van der Waals surface area contributed by atoms with Gasteiger partial charge >= 0.3 is 0 Å². The quantitative estimate of drug-likeness (QED) is 0.440. The molecule has 0 saturated heterocycles. The lowest BCUT2D eigenvalue weighted by molar-refractivity contribution is -0.117. The molecule has 3 aromatic carbocycles. The fourth-order valence-electron chi connectivity index (χ4n) is 3.40. The summed E-state index contributed by atoms with van der Waals surface area (Å²) >= 11 is 1.35. The van der Waals surface area contributed by atoms with Crippen molar-refractivity contribution in [1.29, 1.82) is 0 Å². The second-order valence-electron chi connectivity index (χ2n) is 7.21. The summed E-state index contributed by atoms with van der Waals surface area (Å²) in [6.45, 7) is -0.276. The SMILES string of the molecule is NC(=O)CNC(=O)c1cccc(-c2ccc(F)c3cc(Cc4ccc(F)c(F)c4)sc23)c1. The van der Waals surface area contributed by atoms with E-state index in [0.29, 0.717) is 33.2 Å². The summed E-state index contributed by atoms with van der Waals surface area (Å²) in [5.74, 6) is -3.34. The van der Waals surface area contributed by atoms with Gasteiger partial charge in [0.1, 0.15) is 5.82 Å². The van der Waals surface area contributed by atoms with Crippen molar-refractivity contribution in [2.75, 3.05) is 6.54 Å². The number of amides is 2. The first kappa shape index (κ1) is 21.6. The van der Waals surface area contributed by atoms with Crippen molar-refractivity contribution in [2.24, 2.45) is 5.73 Å². The van der Waals surface area contributed by atoms with Crippen LogP contribution in [0.5, 0.6) is 0 Å². The highest BCUT2D eigenvalue weighted by Gasteiger charge is 2.15. The molecule has 0 bridgehead atoms. The zero-order valence-electron chi connectivity index (χ0n) is 16.6. The maximum atomic E-state index is 14.5. The molecule has 0 aliphatic carbocycles. The average molecular weight is 454 g/mol. The van der Waals surface area contributed by atoms with Gasteiger partial charge in [-0.2, -0.15) is 0 Å². The Hall–Kier alpha value is -3.65. The minimum absolute atomic E-state index is 0.276. The molecule has 0 atom stereocenters. The number of thiophene rings is 1. The van der Waals surface area contributed by atoms with Gasteiger partial charge in [0, 0.05) is 26.9 Å². The third-order valence-electron chi connectivity index (χ3n) is 4.90. The Balaban J connectivity index is 1.70. The minimum atomic E-state index is -0.929. The fourth-order valence-corrected chi connectivity index (χ4v) is 4.64. The smallest absolute Gasteiger partial charge is 0.251 e. The van der Waals surface area contributed by atoms with E-state index in [1.54, 1.807) is 36.4 Å². The highest BCUT2D eigenvalue weighted by atomic mass is 32.1. The van der Waals surface area contributed by atoms with Crippen LogP contribution in [0.2, 0.25) is 0 Å². The number of halogens is 3. The lowest BCUT2D eigenvalue weighted by atomic mass is 10.0. The van der Waals surface area contributed by atoms with E-state index >= 15 is 0 Å². The molecule has 8 heteroatoms. The van der Waals surface area contributed by atoms with E-state index < -0.39 is 29.3 Å². The monoisotopic (exact) mass is 454 g/mol. The van der Waals surface area contributed by atoms with Gasteiger partial charge in [-0.15, -0.1) is 11.3 Å². The summed E-state index contributed by atoms with van der Waals surface area (Å²) in [5.41, 5.74) is 7.40. The Kier molecular flexibility index (Phi) is 5.96. The number of nitrogens with two attached hydrogens (primary N) is 1. The third-order valence-corrected chi connectivity index (χ3v) is 6.07. The molecule has 0 fully saturated rings. The predicted molar refractivity (Wildman–Crippen MR) is 118 cm³/mol. The van der Waals surface area contributed by atoms with Gasteiger partial charge in [-0.1, -0.05) is 24.3 Å². The van der Waals surface area contributed by atoms with Gasteiger partial charge in [-0.05, 0) is 53.1 Å². The van der Waals surface area contributed by atoms with E-state index in [2.05, 4.69) is 5.32 Å². The number of fused-ring (bicyclic) bond motifs is 1. The maximum Gasteiger partial charge on any atom is 0.251 e. The molecule has 0 unspecified atom stereocenters. The Bertz CT molecular complexity index is 1350. The van der Waals surface area contributed by atoms with Gasteiger partial charge in [0.25, 0.3) is 5.91 Å². The first-order valence-electron chi connectivity index (χ1n) is 9.63. The standard InChI is InChI=1S/C24H17F3N2O2S/c25-19-7-5-17(14-2-1-3-15(10-14)24(31)29-12-22(28)30)23-18(19)11-16(32-23)8-13-4-6-20(26)21(27)9-13/h1-7,9-11H,8,12H2,(H2,28,30)(H,29,31). The molecule has 0 aliphatic heterocycles. The Labute approximate surface area is 185 Å². The van der Waals surface area contributed by atoms with Crippen LogP contribution in [-0.2, 0) is 11.2 Å². The van der Waals surface area contributed by atoms with E-state index in [1.807, 2.05) is 0 Å². The van der Waals surface area contributed by atoms with Crippen molar-refractivity contribution in [1.82, 2.24) is 5.32 Å². The Morgan fingerprint density at radius 3 is 2.44 bits per heavy atom. The van der Waals surface area contributed by atoms with E-state index in [-0.39, 0.29) is 6.54 Å². The van der Waals surface area contributed by atoms with Crippen LogP contribution < -0.4 is 11.1 Å². The minimum Gasteiger partial charge on any atom is -0.368 e.